The molecule has 5 heteroatoms. The Bertz CT molecular complexity index is 657. The molecule has 0 aliphatic heterocycles. The van der Waals surface area contributed by atoms with Gasteiger partial charge in [0.1, 0.15) is 5.75 Å². The summed E-state index contributed by atoms with van der Waals surface area (Å²) in [6.45, 7) is 1.46. The van der Waals surface area contributed by atoms with Gasteiger partial charge in [-0.05, 0) is 46.6 Å². The van der Waals surface area contributed by atoms with Crippen molar-refractivity contribution >= 4 is 15.9 Å². The molecule has 112 valence electrons. The minimum Gasteiger partial charge on any atom is -0.496 e. The van der Waals surface area contributed by atoms with E-state index in [1.54, 1.807) is 25.3 Å². The molecular formula is C16H15BrF2O2. The molecule has 21 heavy (non-hydrogen) atoms. The Morgan fingerprint density at radius 2 is 1.95 bits per heavy atom. The quantitative estimate of drug-likeness (QED) is 0.889. The van der Waals surface area contributed by atoms with Gasteiger partial charge < -0.3 is 9.84 Å². The fourth-order valence-corrected chi connectivity index (χ4v) is 2.82. The predicted molar refractivity (Wildman–Crippen MR) is 80.3 cm³/mol. The Hall–Kier alpha value is -1.46. The number of methoxy groups -OCH3 is 1. The van der Waals surface area contributed by atoms with Crippen molar-refractivity contribution in [3.05, 3.63) is 63.6 Å². The molecular weight excluding hydrogens is 342 g/mol. The van der Waals surface area contributed by atoms with Gasteiger partial charge in [-0.3, -0.25) is 0 Å². The summed E-state index contributed by atoms with van der Waals surface area (Å²) in [5.41, 5.74) is -0.800. The SMILES string of the molecule is COc1ccc(CC(C)(O)c2cccc(F)c2F)cc1Br. The van der Waals surface area contributed by atoms with Gasteiger partial charge in [-0.25, -0.2) is 8.78 Å². The van der Waals surface area contributed by atoms with Crippen molar-refractivity contribution in [1.82, 2.24) is 0 Å². The number of benzene rings is 2. The normalized spacial score (nSPS) is 13.8. The van der Waals surface area contributed by atoms with Gasteiger partial charge in [0.05, 0.1) is 17.2 Å². The lowest BCUT2D eigenvalue weighted by atomic mass is 9.88. The molecule has 0 aromatic heterocycles. The summed E-state index contributed by atoms with van der Waals surface area (Å²) in [7, 11) is 1.55. The van der Waals surface area contributed by atoms with Crippen LogP contribution in [0.1, 0.15) is 18.1 Å². The van der Waals surface area contributed by atoms with E-state index in [0.717, 1.165) is 16.1 Å². The average Bonchev–Trinajstić information content (AvgIpc) is 2.41. The van der Waals surface area contributed by atoms with Crippen molar-refractivity contribution in [2.75, 3.05) is 7.11 Å². The molecule has 1 atom stereocenters. The maximum Gasteiger partial charge on any atom is 0.164 e. The van der Waals surface area contributed by atoms with Crippen LogP contribution in [0.2, 0.25) is 0 Å². The van der Waals surface area contributed by atoms with Crippen molar-refractivity contribution in [3.8, 4) is 5.75 Å². The first kappa shape index (κ1) is 15.9. The van der Waals surface area contributed by atoms with Crippen molar-refractivity contribution in [3.63, 3.8) is 0 Å². The fraction of sp³-hybridized carbons (Fsp3) is 0.250. The van der Waals surface area contributed by atoms with Crippen LogP contribution in [0.4, 0.5) is 8.78 Å². The van der Waals surface area contributed by atoms with Crippen LogP contribution in [0.5, 0.6) is 5.75 Å². The molecule has 1 N–H and O–H groups in total. The second kappa shape index (κ2) is 6.12. The van der Waals surface area contributed by atoms with E-state index in [2.05, 4.69) is 15.9 Å². The van der Waals surface area contributed by atoms with Gasteiger partial charge in [0.2, 0.25) is 0 Å². The molecule has 2 rings (SSSR count). The highest BCUT2D eigenvalue weighted by atomic mass is 79.9. The molecule has 0 radical (unpaired) electrons. The summed E-state index contributed by atoms with van der Waals surface area (Å²) < 4.78 is 33.0. The molecule has 2 nitrogen and oxygen atoms in total. The van der Waals surface area contributed by atoms with Crippen LogP contribution in [0.3, 0.4) is 0 Å². The third-order valence-electron chi connectivity index (χ3n) is 3.30. The second-order valence-electron chi connectivity index (χ2n) is 5.02. The largest absolute Gasteiger partial charge is 0.496 e. The maximum absolute atomic E-state index is 13.8. The molecule has 2 aromatic rings. The number of hydrogen-bond acceptors (Lipinski definition) is 2. The topological polar surface area (TPSA) is 29.5 Å². The molecule has 0 spiro atoms. The third-order valence-corrected chi connectivity index (χ3v) is 3.92. The first-order chi connectivity index (χ1) is 9.85. The van der Waals surface area contributed by atoms with E-state index in [1.165, 1.54) is 19.1 Å². The van der Waals surface area contributed by atoms with Gasteiger partial charge in [-0.2, -0.15) is 0 Å². The van der Waals surface area contributed by atoms with E-state index in [4.69, 9.17) is 4.74 Å². The predicted octanol–water partition coefficient (Wildman–Crippen LogP) is 4.19. The summed E-state index contributed by atoms with van der Waals surface area (Å²) in [4.78, 5) is 0. The third kappa shape index (κ3) is 3.41. The Morgan fingerprint density at radius 1 is 1.24 bits per heavy atom. The lowest BCUT2D eigenvalue weighted by Crippen LogP contribution is -2.26. The van der Waals surface area contributed by atoms with E-state index < -0.39 is 17.2 Å². The zero-order valence-electron chi connectivity index (χ0n) is 11.7. The minimum absolute atomic E-state index is 0.0607. The average molecular weight is 357 g/mol. The van der Waals surface area contributed by atoms with E-state index in [-0.39, 0.29) is 12.0 Å². The Labute approximate surface area is 130 Å². The Balaban J connectivity index is 2.32. The highest BCUT2D eigenvalue weighted by Gasteiger charge is 2.28. The second-order valence-corrected chi connectivity index (χ2v) is 5.88. The summed E-state index contributed by atoms with van der Waals surface area (Å²) in [5.74, 6) is -1.32. The molecule has 0 heterocycles. The smallest absolute Gasteiger partial charge is 0.164 e. The van der Waals surface area contributed by atoms with E-state index in [0.29, 0.717) is 5.75 Å². The first-order valence-electron chi connectivity index (χ1n) is 6.34. The van der Waals surface area contributed by atoms with Crippen LogP contribution in [0.15, 0.2) is 40.9 Å². The van der Waals surface area contributed by atoms with Crippen molar-refractivity contribution < 1.29 is 18.6 Å². The lowest BCUT2D eigenvalue weighted by Gasteiger charge is -2.25. The molecule has 0 saturated carbocycles. The van der Waals surface area contributed by atoms with Gasteiger partial charge in [0.15, 0.2) is 11.6 Å². The standard InChI is InChI=1S/C16H15BrF2O2/c1-16(20,11-4-3-5-13(18)15(11)19)9-10-6-7-14(21-2)12(17)8-10/h3-8,20H,9H2,1-2H3. The molecule has 2 aromatic carbocycles. The van der Waals surface area contributed by atoms with Gasteiger partial charge in [0, 0.05) is 12.0 Å². The van der Waals surface area contributed by atoms with E-state index in [1.807, 2.05) is 0 Å². The summed E-state index contributed by atoms with van der Waals surface area (Å²) in [5, 5.41) is 10.5. The maximum atomic E-state index is 13.8. The summed E-state index contributed by atoms with van der Waals surface area (Å²) >= 11 is 3.36. The molecule has 0 aliphatic rings. The number of rotatable bonds is 4. The van der Waals surface area contributed by atoms with Gasteiger partial charge in [0.25, 0.3) is 0 Å². The van der Waals surface area contributed by atoms with Crippen molar-refractivity contribution in [1.29, 1.82) is 0 Å². The van der Waals surface area contributed by atoms with Gasteiger partial charge in [-0.15, -0.1) is 0 Å². The van der Waals surface area contributed by atoms with Crippen LogP contribution < -0.4 is 4.74 Å². The van der Waals surface area contributed by atoms with Crippen molar-refractivity contribution in [2.45, 2.75) is 18.9 Å². The number of hydrogen-bond donors (Lipinski definition) is 1. The molecule has 0 saturated heterocycles. The molecule has 0 bridgehead atoms. The molecule has 0 amide bonds. The van der Waals surface area contributed by atoms with Gasteiger partial charge >= 0.3 is 0 Å². The summed E-state index contributed by atoms with van der Waals surface area (Å²) in [6, 6.07) is 9.10. The number of aliphatic hydroxyl groups is 1. The highest BCUT2D eigenvalue weighted by molar-refractivity contribution is 9.10. The zero-order chi connectivity index (χ0) is 15.6. The zero-order valence-corrected chi connectivity index (χ0v) is 13.2. The lowest BCUT2D eigenvalue weighted by molar-refractivity contribution is 0.0530. The highest BCUT2D eigenvalue weighted by Crippen LogP contribution is 2.31. The van der Waals surface area contributed by atoms with E-state index in [9.17, 15) is 13.9 Å². The van der Waals surface area contributed by atoms with Crippen LogP contribution >= 0.6 is 15.9 Å². The number of ether oxygens (including phenoxy) is 1. The minimum atomic E-state index is -1.51. The number of halogens is 3. The van der Waals surface area contributed by atoms with Crippen molar-refractivity contribution in [2.24, 2.45) is 0 Å². The Kier molecular flexibility index (Phi) is 4.64. The monoisotopic (exact) mass is 356 g/mol. The van der Waals surface area contributed by atoms with Gasteiger partial charge in [-0.1, -0.05) is 18.2 Å². The summed E-state index contributed by atoms with van der Waals surface area (Å²) in [6.07, 6.45) is 0.149. The van der Waals surface area contributed by atoms with Crippen LogP contribution in [-0.2, 0) is 12.0 Å². The van der Waals surface area contributed by atoms with E-state index >= 15 is 0 Å². The fourth-order valence-electron chi connectivity index (χ4n) is 2.23. The molecule has 1 unspecified atom stereocenters. The molecule has 0 fully saturated rings. The molecule has 0 aliphatic carbocycles. The van der Waals surface area contributed by atoms with Crippen LogP contribution in [-0.4, -0.2) is 12.2 Å². The van der Waals surface area contributed by atoms with Crippen LogP contribution in [0.25, 0.3) is 0 Å². The van der Waals surface area contributed by atoms with Crippen LogP contribution in [0, 0.1) is 11.6 Å². The first-order valence-corrected chi connectivity index (χ1v) is 7.14. The Morgan fingerprint density at radius 3 is 2.57 bits per heavy atom.